The predicted octanol–water partition coefficient (Wildman–Crippen LogP) is 4.64. The van der Waals surface area contributed by atoms with Crippen LogP contribution in [-0.4, -0.2) is 49.0 Å². The molecule has 0 N–H and O–H groups in total. The largest absolute Gasteiger partial charge is 0.497 e. The average Bonchev–Trinajstić information content (AvgIpc) is 3.13. The summed E-state index contributed by atoms with van der Waals surface area (Å²) in [6, 6.07) is 12.7. The van der Waals surface area contributed by atoms with Crippen molar-refractivity contribution in [3.05, 3.63) is 75.1 Å². The number of fused-ring (bicyclic) bond motifs is 2. The standard InChI is InChI=1S/C27H32N2O4/c1-5-18-12-13-22-21(16-18)25(30)23-24(19-10-8-11-20(17-19)32-4)29(27(31)26(23)33-22)15-9-14-28(6-2)7-3/h8,10-13,16-17,24H,5-7,9,14-15H2,1-4H3. The van der Waals surface area contributed by atoms with Gasteiger partial charge in [-0.15, -0.1) is 0 Å². The summed E-state index contributed by atoms with van der Waals surface area (Å²) < 4.78 is 11.5. The van der Waals surface area contributed by atoms with E-state index in [0.717, 1.165) is 43.6 Å². The van der Waals surface area contributed by atoms with Gasteiger partial charge in [-0.1, -0.05) is 39.0 Å². The van der Waals surface area contributed by atoms with Crippen molar-refractivity contribution in [3.63, 3.8) is 0 Å². The van der Waals surface area contributed by atoms with Gasteiger partial charge in [0.25, 0.3) is 5.91 Å². The zero-order chi connectivity index (χ0) is 23.5. The first-order valence-electron chi connectivity index (χ1n) is 11.8. The fourth-order valence-electron chi connectivity index (χ4n) is 4.68. The van der Waals surface area contributed by atoms with Crippen LogP contribution in [0.4, 0.5) is 0 Å². The lowest BCUT2D eigenvalue weighted by Gasteiger charge is -2.27. The topological polar surface area (TPSA) is 63.0 Å². The number of hydrogen-bond donors (Lipinski definition) is 0. The number of carbonyl (C=O) groups is 1. The van der Waals surface area contributed by atoms with Crippen LogP contribution in [0.15, 0.2) is 51.7 Å². The molecular formula is C27H32N2O4. The number of carbonyl (C=O) groups excluding carboxylic acids is 1. The highest BCUT2D eigenvalue weighted by Crippen LogP contribution is 2.39. The number of rotatable bonds is 9. The van der Waals surface area contributed by atoms with Crippen LogP contribution in [0.5, 0.6) is 5.75 Å². The van der Waals surface area contributed by atoms with E-state index in [1.807, 2.05) is 36.4 Å². The molecule has 2 aromatic carbocycles. The molecule has 6 nitrogen and oxygen atoms in total. The number of amides is 1. The van der Waals surface area contributed by atoms with Crippen LogP contribution in [0.2, 0.25) is 0 Å². The van der Waals surface area contributed by atoms with Crippen molar-refractivity contribution in [1.82, 2.24) is 9.80 Å². The number of aryl methyl sites for hydroxylation is 1. The summed E-state index contributed by atoms with van der Waals surface area (Å²) in [5, 5.41) is 0.527. The number of hydrogen-bond acceptors (Lipinski definition) is 5. The Balaban J connectivity index is 1.82. The van der Waals surface area contributed by atoms with Crippen LogP contribution in [-0.2, 0) is 6.42 Å². The monoisotopic (exact) mass is 448 g/mol. The van der Waals surface area contributed by atoms with Crippen LogP contribution in [0.1, 0.15) is 60.5 Å². The van der Waals surface area contributed by atoms with E-state index >= 15 is 0 Å². The third-order valence-electron chi connectivity index (χ3n) is 6.62. The zero-order valence-corrected chi connectivity index (χ0v) is 19.9. The van der Waals surface area contributed by atoms with Gasteiger partial charge in [0.05, 0.1) is 24.1 Å². The third kappa shape index (κ3) is 4.27. The molecule has 0 fully saturated rings. The lowest BCUT2D eigenvalue weighted by Crippen LogP contribution is -2.33. The number of ether oxygens (including phenoxy) is 1. The Morgan fingerprint density at radius 1 is 1.06 bits per heavy atom. The van der Waals surface area contributed by atoms with Gasteiger partial charge in [0, 0.05) is 6.54 Å². The Morgan fingerprint density at radius 3 is 2.55 bits per heavy atom. The second-order valence-electron chi connectivity index (χ2n) is 8.42. The van der Waals surface area contributed by atoms with E-state index in [-0.39, 0.29) is 17.1 Å². The molecule has 3 aromatic rings. The molecule has 0 bridgehead atoms. The summed E-state index contributed by atoms with van der Waals surface area (Å²) in [4.78, 5) is 31.3. The quantitative estimate of drug-likeness (QED) is 0.477. The van der Waals surface area contributed by atoms with E-state index in [1.54, 1.807) is 18.1 Å². The van der Waals surface area contributed by atoms with Gasteiger partial charge in [0.2, 0.25) is 5.76 Å². The van der Waals surface area contributed by atoms with Gasteiger partial charge in [0.1, 0.15) is 11.3 Å². The van der Waals surface area contributed by atoms with Gasteiger partial charge < -0.3 is 19.0 Å². The summed E-state index contributed by atoms with van der Waals surface area (Å²) in [5.74, 6) is 0.623. The molecule has 0 saturated heterocycles. The number of methoxy groups -OCH3 is 1. The highest BCUT2D eigenvalue weighted by Gasteiger charge is 2.42. The third-order valence-corrected chi connectivity index (χ3v) is 6.62. The van der Waals surface area contributed by atoms with E-state index in [1.165, 1.54) is 0 Å². The molecule has 0 saturated carbocycles. The van der Waals surface area contributed by atoms with Crippen LogP contribution in [0, 0.1) is 0 Å². The molecule has 0 spiro atoms. The highest BCUT2D eigenvalue weighted by atomic mass is 16.5. The van der Waals surface area contributed by atoms with Crippen molar-refractivity contribution in [2.45, 2.75) is 39.7 Å². The maximum atomic E-state index is 13.7. The molecule has 2 heterocycles. The minimum Gasteiger partial charge on any atom is -0.497 e. The van der Waals surface area contributed by atoms with Gasteiger partial charge in [-0.25, -0.2) is 0 Å². The fourth-order valence-corrected chi connectivity index (χ4v) is 4.68. The van der Waals surface area contributed by atoms with E-state index in [4.69, 9.17) is 9.15 Å². The van der Waals surface area contributed by atoms with Crippen molar-refractivity contribution in [2.75, 3.05) is 33.3 Å². The predicted molar refractivity (Wildman–Crippen MR) is 130 cm³/mol. The molecule has 6 heteroatoms. The molecular weight excluding hydrogens is 416 g/mol. The first-order valence-corrected chi connectivity index (χ1v) is 11.8. The molecule has 1 aliphatic rings. The van der Waals surface area contributed by atoms with Crippen molar-refractivity contribution in [3.8, 4) is 5.75 Å². The molecule has 4 rings (SSSR count). The lowest BCUT2D eigenvalue weighted by molar-refractivity contribution is 0.0720. The Hall–Kier alpha value is -3.12. The summed E-state index contributed by atoms with van der Waals surface area (Å²) in [6.07, 6.45) is 1.64. The van der Waals surface area contributed by atoms with Crippen molar-refractivity contribution < 1.29 is 13.9 Å². The molecule has 1 unspecified atom stereocenters. The van der Waals surface area contributed by atoms with Crippen molar-refractivity contribution in [2.24, 2.45) is 0 Å². The molecule has 1 aromatic heterocycles. The molecule has 1 atom stereocenters. The average molecular weight is 449 g/mol. The number of nitrogens with zero attached hydrogens (tertiary/aromatic N) is 2. The van der Waals surface area contributed by atoms with Gasteiger partial charge in [0.15, 0.2) is 5.43 Å². The molecule has 1 aliphatic heterocycles. The van der Waals surface area contributed by atoms with Crippen LogP contribution < -0.4 is 10.2 Å². The van der Waals surface area contributed by atoms with Gasteiger partial charge in [-0.05, 0) is 67.9 Å². The van der Waals surface area contributed by atoms with E-state index in [2.05, 4.69) is 25.7 Å². The second kappa shape index (κ2) is 9.79. The minimum absolute atomic E-state index is 0.131. The maximum absolute atomic E-state index is 13.7. The SMILES string of the molecule is CCc1ccc2oc3c(c(=O)c2c1)C(c1cccc(OC)c1)N(CCCN(CC)CC)C3=O. The van der Waals surface area contributed by atoms with E-state index in [9.17, 15) is 9.59 Å². The van der Waals surface area contributed by atoms with E-state index < -0.39 is 6.04 Å². The molecule has 174 valence electrons. The Labute approximate surface area is 194 Å². The highest BCUT2D eigenvalue weighted by molar-refractivity contribution is 5.99. The lowest BCUT2D eigenvalue weighted by atomic mass is 9.97. The minimum atomic E-state index is -0.495. The van der Waals surface area contributed by atoms with Gasteiger partial charge in [-0.2, -0.15) is 0 Å². The van der Waals surface area contributed by atoms with Gasteiger partial charge in [-0.3, -0.25) is 9.59 Å². The second-order valence-corrected chi connectivity index (χ2v) is 8.42. The van der Waals surface area contributed by atoms with Gasteiger partial charge >= 0.3 is 0 Å². The molecule has 0 radical (unpaired) electrons. The molecule has 1 amide bonds. The Kier molecular flexibility index (Phi) is 6.84. The fraction of sp³-hybridized carbons (Fsp3) is 0.407. The van der Waals surface area contributed by atoms with Crippen LogP contribution >= 0.6 is 0 Å². The smallest absolute Gasteiger partial charge is 0.290 e. The summed E-state index contributed by atoms with van der Waals surface area (Å²) >= 11 is 0. The summed E-state index contributed by atoms with van der Waals surface area (Å²) in [7, 11) is 1.61. The van der Waals surface area contributed by atoms with E-state index in [0.29, 0.717) is 28.8 Å². The van der Waals surface area contributed by atoms with Crippen LogP contribution in [0.25, 0.3) is 11.0 Å². The first-order chi connectivity index (χ1) is 16.0. The van der Waals surface area contributed by atoms with Crippen molar-refractivity contribution >= 4 is 16.9 Å². The molecule has 0 aliphatic carbocycles. The molecule has 33 heavy (non-hydrogen) atoms. The first kappa shape index (κ1) is 23.1. The summed E-state index contributed by atoms with van der Waals surface area (Å²) in [5.41, 5.74) is 2.67. The number of benzene rings is 2. The Bertz CT molecular complexity index is 1210. The summed E-state index contributed by atoms with van der Waals surface area (Å²) in [6.45, 7) is 9.69. The van der Waals surface area contributed by atoms with Crippen LogP contribution in [0.3, 0.4) is 0 Å². The Morgan fingerprint density at radius 2 is 1.85 bits per heavy atom. The normalized spacial score (nSPS) is 15.5. The zero-order valence-electron chi connectivity index (χ0n) is 19.9. The maximum Gasteiger partial charge on any atom is 0.290 e. The van der Waals surface area contributed by atoms with Crippen molar-refractivity contribution in [1.29, 1.82) is 0 Å².